The predicted octanol–water partition coefficient (Wildman–Crippen LogP) is 3.69. The van der Waals surface area contributed by atoms with Gasteiger partial charge < -0.3 is 19.5 Å². The number of aromatic nitrogens is 1. The van der Waals surface area contributed by atoms with E-state index in [4.69, 9.17) is 9.47 Å². The Balaban J connectivity index is 1.97. The smallest absolute Gasteiger partial charge is 0.356 e. The highest BCUT2D eigenvalue weighted by molar-refractivity contribution is 5.96. The average Bonchev–Trinajstić information content (AvgIpc) is 2.99. The Morgan fingerprint density at radius 1 is 1.19 bits per heavy atom. The number of anilines is 1. The molecule has 1 N–H and O–H groups in total. The van der Waals surface area contributed by atoms with Crippen LogP contribution in [0.25, 0.3) is 0 Å². The Morgan fingerprint density at radius 2 is 1.90 bits per heavy atom. The molecule has 3 atom stereocenters. The van der Waals surface area contributed by atoms with Crippen molar-refractivity contribution < 1.29 is 32.6 Å². The van der Waals surface area contributed by atoms with Crippen LogP contribution in [-0.4, -0.2) is 42.8 Å². The van der Waals surface area contributed by atoms with Crippen molar-refractivity contribution in [2.45, 2.75) is 38.4 Å². The second-order valence-electron chi connectivity index (χ2n) is 7.85. The van der Waals surface area contributed by atoms with E-state index in [1.165, 1.54) is 38.6 Å². The van der Waals surface area contributed by atoms with Crippen LogP contribution in [0.4, 0.5) is 14.5 Å². The number of carbonyl (C=O) groups is 2. The molecule has 9 heteroatoms. The van der Waals surface area contributed by atoms with Crippen LogP contribution in [-0.2, 0) is 14.3 Å². The Labute approximate surface area is 178 Å². The summed E-state index contributed by atoms with van der Waals surface area (Å²) in [6.07, 6.45) is 0.346. The monoisotopic (exact) mass is 434 g/mol. The van der Waals surface area contributed by atoms with E-state index in [0.717, 1.165) is 6.07 Å². The van der Waals surface area contributed by atoms with Crippen molar-refractivity contribution in [1.82, 2.24) is 4.98 Å². The standard InChI is InChI=1S/C22H24F2N2O5/c1-11-16(13-6-7-14(23)17(24)18(13)29-4)19(31-22(11,2)3)20(27)26-12-8-9-25-15(10-12)21(28)30-5/h6-11,16,19H,1-5H3,(H,25,26,27)/t11-,16-,19+/m0/s1. The summed E-state index contributed by atoms with van der Waals surface area (Å²) in [6, 6.07) is 5.30. The van der Waals surface area contributed by atoms with Gasteiger partial charge in [0, 0.05) is 23.4 Å². The maximum atomic E-state index is 14.4. The van der Waals surface area contributed by atoms with E-state index < -0.39 is 41.1 Å². The SMILES string of the molecule is COC(=O)c1cc(NC(=O)[C@@H]2OC(C)(C)[C@@H](C)[C@H]2c2ccc(F)c(F)c2OC)ccn1. The summed E-state index contributed by atoms with van der Waals surface area (Å²) in [7, 11) is 2.47. The average molecular weight is 434 g/mol. The molecule has 0 saturated carbocycles. The van der Waals surface area contributed by atoms with Gasteiger partial charge in [-0.1, -0.05) is 13.0 Å². The molecule has 3 rings (SSSR count). The second kappa shape index (κ2) is 8.58. The molecule has 7 nitrogen and oxygen atoms in total. The molecule has 1 fully saturated rings. The topological polar surface area (TPSA) is 86.8 Å². The van der Waals surface area contributed by atoms with Crippen molar-refractivity contribution in [3.63, 3.8) is 0 Å². The van der Waals surface area contributed by atoms with Crippen molar-refractivity contribution in [1.29, 1.82) is 0 Å². The number of amides is 1. The molecule has 166 valence electrons. The summed E-state index contributed by atoms with van der Waals surface area (Å²) in [5.74, 6) is -4.41. The first-order valence-electron chi connectivity index (χ1n) is 9.65. The molecule has 1 amide bonds. The molecule has 1 aliphatic heterocycles. The lowest BCUT2D eigenvalue weighted by Crippen LogP contribution is -2.33. The molecule has 1 saturated heterocycles. The van der Waals surface area contributed by atoms with E-state index in [0.29, 0.717) is 11.3 Å². The molecule has 1 aliphatic rings. The fourth-order valence-corrected chi connectivity index (χ4v) is 3.81. The second-order valence-corrected chi connectivity index (χ2v) is 7.85. The number of hydrogen-bond donors (Lipinski definition) is 1. The molecule has 0 radical (unpaired) electrons. The zero-order valence-corrected chi connectivity index (χ0v) is 17.9. The normalized spacial score (nSPS) is 22.1. The number of hydrogen-bond acceptors (Lipinski definition) is 6. The molecule has 1 aromatic heterocycles. The van der Waals surface area contributed by atoms with Gasteiger partial charge in [-0.2, -0.15) is 4.39 Å². The van der Waals surface area contributed by atoms with Crippen LogP contribution in [0.3, 0.4) is 0 Å². The number of halogens is 2. The highest BCUT2D eigenvalue weighted by Gasteiger charge is 2.51. The lowest BCUT2D eigenvalue weighted by Gasteiger charge is -2.25. The zero-order chi connectivity index (χ0) is 22.9. The molecule has 0 unspecified atom stereocenters. The van der Waals surface area contributed by atoms with Crippen LogP contribution in [0.2, 0.25) is 0 Å². The molecule has 0 bridgehead atoms. The highest BCUT2D eigenvalue weighted by Crippen LogP contribution is 2.49. The third-order valence-corrected chi connectivity index (χ3v) is 5.72. The van der Waals surface area contributed by atoms with E-state index >= 15 is 0 Å². The molecule has 2 heterocycles. The molecule has 1 aromatic carbocycles. The maximum Gasteiger partial charge on any atom is 0.356 e. The molecule has 0 aliphatic carbocycles. The van der Waals surface area contributed by atoms with E-state index in [-0.39, 0.29) is 17.4 Å². The Hall–Kier alpha value is -3.07. The van der Waals surface area contributed by atoms with Crippen LogP contribution in [0.5, 0.6) is 5.75 Å². The molecular formula is C22H24F2N2O5. The van der Waals surface area contributed by atoms with Gasteiger partial charge in [-0.15, -0.1) is 0 Å². The van der Waals surface area contributed by atoms with Gasteiger partial charge >= 0.3 is 5.97 Å². The maximum absolute atomic E-state index is 14.4. The Bertz CT molecular complexity index is 1010. The molecular weight excluding hydrogens is 410 g/mol. The van der Waals surface area contributed by atoms with Gasteiger partial charge in [-0.25, -0.2) is 14.2 Å². The number of nitrogens with one attached hydrogen (secondary N) is 1. The van der Waals surface area contributed by atoms with Crippen LogP contribution in [0.15, 0.2) is 30.5 Å². The van der Waals surface area contributed by atoms with Crippen LogP contribution >= 0.6 is 0 Å². The predicted molar refractivity (Wildman–Crippen MR) is 108 cm³/mol. The number of benzene rings is 1. The molecule has 0 spiro atoms. The van der Waals surface area contributed by atoms with Crippen molar-refractivity contribution in [3.05, 3.63) is 53.4 Å². The Morgan fingerprint density at radius 3 is 2.55 bits per heavy atom. The summed E-state index contributed by atoms with van der Waals surface area (Å²) in [4.78, 5) is 28.8. The number of esters is 1. The first-order valence-corrected chi connectivity index (χ1v) is 9.65. The van der Waals surface area contributed by atoms with E-state index in [2.05, 4.69) is 15.0 Å². The lowest BCUT2D eigenvalue weighted by atomic mass is 9.78. The first kappa shape index (κ1) is 22.6. The van der Waals surface area contributed by atoms with E-state index in [1.807, 2.05) is 20.8 Å². The van der Waals surface area contributed by atoms with Crippen molar-refractivity contribution >= 4 is 17.6 Å². The summed E-state index contributed by atoms with van der Waals surface area (Å²) < 4.78 is 43.9. The van der Waals surface area contributed by atoms with Gasteiger partial charge in [0.05, 0.1) is 19.8 Å². The van der Waals surface area contributed by atoms with Crippen LogP contribution in [0.1, 0.15) is 42.7 Å². The van der Waals surface area contributed by atoms with Gasteiger partial charge in [0.1, 0.15) is 11.8 Å². The van der Waals surface area contributed by atoms with E-state index in [9.17, 15) is 18.4 Å². The summed E-state index contributed by atoms with van der Waals surface area (Å²) in [5.41, 5.74) is -0.0417. The number of pyridine rings is 1. The number of ether oxygens (including phenoxy) is 3. The Kier molecular flexibility index (Phi) is 6.26. The minimum absolute atomic E-state index is 0.0279. The fourth-order valence-electron chi connectivity index (χ4n) is 3.81. The van der Waals surface area contributed by atoms with Gasteiger partial charge in [-0.05, 0) is 38.0 Å². The minimum atomic E-state index is -1.12. The summed E-state index contributed by atoms with van der Waals surface area (Å²) in [5, 5.41) is 2.70. The minimum Gasteiger partial charge on any atom is -0.493 e. The highest BCUT2D eigenvalue weighted by atomic mass is 19.2. The number of carbonyl (C=O) groups excluding carboxylic acids is 2. The van der Waals surface area contributed by atoms with Gasteiger partial charge in [0.2, 0.25) is 5.82 Å². The lowest BCUT2D eigenvalue weighted by molar-refractivity contribution is -0.131. The van der Waals surface area contributed by atoms with Gasteiger partial charge in [-0.3, -0.25) is 4.79 Å². The van der Waals surface area contributed by atoms with Crippen molar-refractivity contribution in [2.75, 3.05) is 19.5 Å². The van der Waals surface area contributed by atoms with Crippen molar-refractivity contribution in [3.8, 4) is 5.75 Å². The quantitative estimate of drug-likeness (QED) is 0.723. The zero-order valence-electron chi connectivity index (χ0n) is 17.9. The van der Waals surface area contributed by atoms with Crippen molar-refractivity contribution in [2.24, 2.45) is 5.92 Å². The summed E-state index contributed by atoms with van der Waals surface area (Å²) in [6.45, 7) is 5.53. The third kappa shape index (κ3) is 4.23. The fraction of sp³-hybridized carbons (Fsp3) is 0.409. The summed E-state index contributed by atoms with van der Waals surface area (Å²) >= 11 is 0. The molecule has 31 heavy (non-hydrogen) atoms. The third-order valence-electron chi connectivity index (χ3n) is 5.72. The van der Waals surface area contributed by atoms with Gasteiger partial charge in [0.25, 0.3) is 5.91 Å². The molecule has 2 aromatic rings. The van der Waals surface area contributed by atoms with Gasteiger partial charge in [0.15, 0.2) is 11.6 Å². The van der Waals surface area contributed by atoms with Crippen LogP contribution < -0.4 is 10.1 Å². The number of methoxy groups -OCH3 is 2. The van der Waals surface area contributed by atoms with Crippen LogP contribution in [0, 0.1) is 17.6 Å². The number of nitrogens with zero attached hydrogens (tertiary/aromatic N) is 1. The van der Waals surface area contributed by atoms with E-state index in [1.54, 1.807) is 0 Å². The first-order chi connectivity index (χ1) is 14.6. The number of rotatable bonds is 5. The largest absolute Gasteiger partial charge is 0.493 e.